The van der Waals surface area contributed by atoms with Crippen molar-refractivity contribution >= 4 is 6.21 Å². The average molecular weight is 203 g/mol. The molecule has 0 aliphatic carbocycles. The Kier molecular flexibility index (Phi) is 2.76. The minimum atomic E-state index is 0.365. The van der Waals surface area contributed by atoms with Crippen molar-refractivity contribution < 1.29 is 4.74 Å². The van der Waals surface area contributed by atoms with Crippen LogP contribution in [-0.4, -0.2) is 17.5 Å². The van der Waals surface area contributed by atoms with E-state index in [0.717, 1.165) is 4.74 Å². The first kappa shape index (κ1) is 10.2. The molecule has 2 nitrogen and oxygen atoms in total. The molecule has 2 heteroatoms. The highest BCUT2D eigenvalue weighted by Gasteiger charge is 2.34. The lowest BCUT2D eigenvalue weighted by molar-refractivity contribution is -0.446. The van der Waals surface area contributed by atoms with Crippen LogP contribution in [0, 0.1) is 17.0 Å². The van der Waals surface area contributed by atoms with Crippen LogP contribution in [-0.2, 0) is 0 Å². The molecule has 15 heavy (non-hydrogen) atoms. The van der Waals surface area contributed by atoms with Crippen molar-refractivity contribution in [3.05, 3.63) is 41.1 Å². The van der Waals surface area contributed by atoms with Gasteiger partial charge in [0.25, 0.3) is 0 Å². The molecule has 1 heterocycles. The fourth-order valence-electron chi connectivity index (χ4n) is 2.34. The number of nitrogens with zero attached hydrogens (tertiary/aromatic N) is 1. The zero-order valence-corrected chi connectivity index (χ0v) is 9.26. The van der Waals surface area contributed by atoms with Gasteiger partial charge in [0.15, 0.2) is 12.8 Å². The highest BCUT2D eigenvalue weighted by Crippen LogP contribution is 2.32. The Labute approximate surface area is 90.8 Å². The van der Waals surface area contributed by atoms with Gasteiger partial charge < -0.3 is 5.21 Å². The minimum absolute atomic E-state index is 0.365. The molecule has 0 saturated heterocycles. The molecule has 1 aliphatic heterocycles. The number of hydroxylamine groups is 1. The van der Waals surface area contributed by atoms with Gasteiger partial charge in [-0.15, -0.1) is 0 Å². The summed E-state index contributed by atoms with van der Waals surface area (Å²) < 4.78 is 1.09. The van der Waals surface area contributed by atoms with E-state index in [4.69, 9.17) is 0 Å². The highest BCUT2D eigenvalue weighted by molar-refractivity contribution is 5.60. The quantitative estimate of drug-likeness (QED) is 0.536. The summed E-state index contributed by atoms with van der Waals surface area (Å²) in [7, 11) is 0. The lowest BCUT2D eigenvalue weighted by Crippen LogP contribution is -2.17. The number of hydrogen-bond donors (Lipinski definition) is 0. The molecule has 0 unspecified atom stereocenters. The fourth-order valence-corrected chi connectivity index (χ4v) is 2.34. The van der Waals surface area contributed by atoms with Gasteiger partial charge >= 0.3 is 0 Å². The van der Waals surface area contributed by atoms with Gasteiger partial charge in [-0.3, -0.25) is 0 Å². The number of hydrogen-bond acceptors (Lipinski definition) is 1. The Balaban J connectivity index is 2.24. The Morgan fingerprint density at radius 3 is 2.53 bits per heavy atom. The summed E-state index contributed by atoms with van der Waals surface area (Å²) in [5.74, 6) is 1.27. The predicted octanol–water partition coefficient (Wildman–Crippen LogP) is 2.64. The maximum absolute atomic E-state index is 11.4. The van der Waals surface area contributed by atoms with Gasteiger partial charge in [0.2, 0.25) is 0 Å². The summed E-state index contributed by atoms with van der Waals surface area (Å²) >= 11 is 0. The smallest absolute Gasteiger partial charge is 0.160 e. The van der Waals surface area contributed by atoms with E-state index < -0.39 is 0 Å². The van der Waals surface area contributed by atoms with Crippen LogP contribution in [0.25, 0.3) is 0 Å². The van der Waals surface area contributed by atoms with E-state index in [1.54, 1.807) is 0 Å². The van der Waals surface area contributed by atoms with Crippen molar-refractivity contribution in [2.24, 2.45) is 11.8 Å². The van der Waals surface area contributed by atoms with Crippen molar-refractivity contribution in [2.75, 3.05) is 6.54 Å². The van der Waals surface area contributed by atoms with Gasteiger partial charge in [-0.25, -0.2) is 4.74 Å². The summed E-state index contributed by atoms with van der Waals surface area (Å²) in [6, 6.07) is 10.3. The fraction of sp³-hybridized carbons (Fsp3) is 0.462. The summed E-state index contributed by atoms with van der Waals surface area (Å²) in [6.07, 6.45) is 1.84. The third kappa shape index (κ3) is 2.04. The summed E-state index contributed by atoms with van der Waals surface area (Å²) in [5.41, 5.74) is 1.28. The van der Waals surface area contributed by atoms with Gasteiger partial charge in [0.1, 0.15) is 0 Å². The lowest BCUT2D eigenvalue weighted by Gasteiger charge is -2.18. The molecule has 0 spiro atoms. The molecular formula is C13H17NO. The van der Waals surface area contributed by atoms with Gasteiger partial charge in [-0.05, 0) is 11.5 Å². The summed E-state index contributed by atoms with van der Waals surface area (Å²) in [4.78, 5) is 0. The van der Waals surface area contributed by atoms with E-state index in [1.165, 1.54) is 5.56 Å². The molecule has 0 fully saturated rings. The van der Waals surface area contributed by atoms with Gasteiger partial charge in [0.05, 0.1) is 11.8 Å². The molecule has 0 aromatic heterocycles. The maximum Gasteiger partial charge on any atom is 0.160 e. The second kappa shape index (κ2) is 4.05. The molecular weight excluding hydrogens is 186 g/mol. The zero-order valence-electron chi connectivity index (χ0n) is 9.26. The average Bonchev–Trinajstić information content (AvgIpc) is 2.62. The van der Waals surface area contributed by atoms with Crippen LogP contribution in [0.4, 0.5) is 0 Å². The van der Waals surface area contributed by atoms with Gasteiger partial charge in [-0.1, -0.05) is 44.2 Å². The second-order valence-electron chi connectivity index (χ2n) is 4.59. The van der Waals surface area contributed by atoms with E-state index in [-0.39, 0.29) is 0 Å². The summed E-state index contributed by atoms with van der Waals surface area (Å²) in [5, 5.41) is 11.4. The van der Waals surface area contributed by atoms with Gasteiger partial charge in [0, 0.05) is 0 Å². The Morgan fingerprint density at radius 2 is 1.93 bits per heavy atom. The molecule has 0 saturated carbocycles. The topological polar surface area (TPSA) is 26.1 Å². The molecule has 2 atom stereocenters. The van der Waals surface area contributed by atoms with Crippen LogP contribution in [0.1, 0.15) is 25.3 Å². The van der Waals surface area contributed by atoms with Crippen molar-refractivity contribution in [1.29, 1.82) is 0 Å². The molecule has 0 bridgehead atoms. The van der Waals surface area contributed by atoms with Crippen molar-refractivity contribution in [1.82, 2.24) is 0 Å². The van der Waals surface area contributed by atoms with Crippen molar-refractivity contribution in [3.8, 4) is 0 Å². The van der Waals surface area contributed by atoms with Crippen LogP contribution in [0.5, 0.6) is 0 Å². The van der Waals surface area contributed by atoms with E-state index in [0.29, 0.717) is 24.3 Å². The molecule has 80 valence electrons. The summed E-state index contributed by atoms with van der Waals surface area (Å²) in [6.45, 7) is 4.96. The zero-order chi connectivity index (χ0) is 10.8. The van der Waals surface area contributed by atoms with E-state index in [9.17, 15) is 5.21 Å². The Morgan fingerprint density at radius 1 is 1.27 bits per heavy atom. The minimum Gasteiger partial charge on any atom is -0.624 e. The van der Waals surface area contributed by atoms with Crippen LogP contribution < -0.4 is 0 Å². The molecule has 1 aliphatic rings. The van der Waals surface area contributed by atoms with Gasteiger partial charge in [-0.2, -0.15) is 0 Å². The first-order chi connectivity index (χ1) is 7.18. The number of benzene rings is 1. The molecule has 0 radical (unpaired) electrons. The van der Waals surface area contributed by atoms with E-state index >= 15 is 0 Å². The molecule has 0 amide bonds. The lowest BCUT2D eigenvalue weighted by atomic mass is 9.82. The van der Waals surface area contributed by atoms with Crippen molar-refractivity contribution in [2.45, 2.75) is 19.8 Å². The third-order valence-corrected chi connectivity index (χ3v) is 3.18. The largest absolute Gasteiger partial charge is 0.624 e. The second-order valence-corrected chi connectivity index (χ2v) is 4.59. The molecule has 1 aromatic carbocycles. The monoisotopic (exact) mass is 203 g/mol. The van der Waals surface area contributed by atoms with Crippen LogP contribution >= 0.6 is 0 Å². The van der Waals surface area contributed by atoms with E-state index in [1.807, 2.05) is 24.4 Å². The van der Waals surface area contributed by atoms with E-state index in [2.05, 4.69) is 26.0 Å². The first-order valence-corrected chi connectivity index (χ1v) is 5.52. The maximum atomic E-state index is 11.4. The first-order valence-electron chi connectivity index (χ1n) is 5.52. The predicted molar refractivity (Wildman–Crippen MR) is 62.1 cm³/mol. The normalized spacial score (nSPS) is 25.7. The van der Waals surface area contributed by atoms with Crippen molar-refractivity contribution in [3.63, 3.8) is 0 Å². The van der Waals surface area contributed by atoms with Crippen LogP contribution in [0.15, 0.2) is 30.3 Å². The van der Waals surface area contributed by atoms with Crippen LogP contribution in [0.2, 0.25) is 0 Å². The molecule has 2 rings (SSSR count). The van der Waals surface area contributed by atoms with Crippen LogP contribution in [0.3, 0.4) is 0 Å². The highest BCUT2D eigenvalue weighted by atomic mass is 16.5. The molecule has 0 N–H and O–H groups in total. The SMILES string of the molecule is CC(C)[C@H]1C=[N+]([O-])C[C@@H]1c1ccccc1. The number of rotatable bonds is 2. The standard InChI is InChI=1S/C13H17NO/c1-10(2)12-8-14(15)9-13(12)11-6-4-3-5-7-11/h3-8,10,12-13H,9H2,1-2H3/t12-,13-/m1/s1. The Hall–Kier alpha value is -1.31. The third-order valence-electron chi connectivity index (χ3n) is 3.18. The Bertz CT molecular complexity index is 356. The molecule has 1 aromatic rings.